The first-order valence-corrected chi connectivity index (χ1v) is 6.74. The molecule has 0 radical (unpaired) electrons. The molecule has 0 aromatic carbocycles. The minimum Gasteiger partial charge on any atom is -0.340 e. The molecule has 0 saturated carbocycles. The van der Waals surface area contributed by atoms with Crippen LogP contribution >= 0.6 is 11.3 Å². The third kappa shape index (κ3) is 3.01. The summed E-state index contributed by atoms with van der Waals surface area (Å²) in [6.45, 7) is 4.99. The third-order valence-electron chi connectivity index (χ3n) is 2.67. The van der Waals surface area contributed by atoms with Crippen molar-refractivity contribution < 1.29 is 0 Å². The quantitative estimate of drug-likeness (QED) is 0.849. The summed E-state index contributed by atoms with van der Waals surface area (Å²) in [6.07, 6.45) is 0.0486. The first kappa shape index (κ1) is 12.9. The molecule has 1 atom stereocenters. The van der Waals surface area contributed by atoms with E-state index < -0.39 is 0 Å². The van der Waals surface area contributed by atoms with Crippen LogP contribution in [-0.2, 0) is 6.54 Å². The summed E-state index contributed by atoms with van der Waals surface area (Å²) in [5.74, 6) is 1.62. The molecule has 0 fully saturated rings. The zero-order chi connectivity index (χ0) is 13.1. The normalized spacial score (nSPS) is 21.2. The van der Waals surface area contributed by atoms with Gasteiger partial charge in [-0.25, -0.2) is 4.99 Å². The van der Waals surface area contributed by atoms with Gasteiger partial charge in [-0.15, -0.1) is 11.3 Å². The van der Waals surface area contributed by atoms with E-state index in [-0.39, 0.29) is 6.17 Å². The molecule has 18 heavy (non-hydrogen) atoms. The fourth-order valence-electron chi connectivity index (χ4n) is 1.78. The van der Waals surface area contributed by atoms with E-state index in [1.807, 2.05) is 25.3 Å². The number of rotatable bonds is 2. The van der Waals surface area contributed by atoms with Gasteiger partial charge in [-0.3, -0.25) is 10.3 Å². The number of aryl methyl sites for hydroxylation is 1. The predicted octanol–water partition coefficient (Wildman–Crippen LogP) is 1.37. The number of hydrogen-bond donors (Lipinski definition) is 2. The Morgan fingerprint density at radius 2 is 2.28 bits per heavy atom. The van der Waals surface area contributed by atoms with Gasteiger partial charge < -0.3 is 10.2 Å². The van der Waals surface area contributed by atoms with E-state index in [2.05, 4.69) is 44.6 Å². The SMILES string of the molecule is CN=C1NC(N(C)Cc2ccc(C)s2)=NC(C)N1. The van der Waals surface area contributed by atoms with Gasteiger partial charge in [0, 0.05) is 23.8 Å². The molecule has 1 aromatic rings. The molecule has 2 N–H and O–H groups in total. The second-order valence-electron chi connectivity index (χ2n) is 4.34. The lowest BCUT2D eigenvalue weighted by Gasteiger charge is -2.28. The van der Waals surface area contributed by atoms with E-state index in [1.54, 1.807) is 7.05 Å². The second-order valence-corrected chi connectivity index (χ2v) is 5.71. The number of nitrogens with zero attached hydrogens (tertiary/aromatic N) is 3. The van der Waals surface area contributed by atoms with Gasteiger partial charge in [-0.05, 0) is 26.0 Å². The lowest BCUT2D eigenvalue weighted by atomic mass is 10.4. The van der Waals surface area contributed by atoms with Crippen LogP contribution < -0.4 is 10.6 Å². The highest BCUT2D eigenvalue weighted by Gasteiger charge is 2.17. The molecule has 5 nitrogen and oxygen atoms in total. The van der Waals surface area contributed by atoms with Gasteiger partial charge in [0.2, 0.25) is 5.96 Å². The molecule has 2 rings (SSSR count). The van der Waals surface area contributed by atoms with Gasteiger partial charge >= 0.3 is 0 Å². The van der Waals surface area contributed by atoms with E-state index in [0.29, 0.717) is 0 Å². The smallest absolute Gasteiger partial charge is 0.202 e. The van der Waals surface area contributed by atoms with Crippen molar-refractivity contribution in [2.24, 2.45) is 9.98 Å². The monoisotopic (exact) mass is 265 g/mol. The average Bonchev–Trinajstić information content (AvgIpc) is 2.73. The van der Waals surface area contributed by atoms with Crippen molar-refractivity contribution in [2.45, 2.75) is 26.6 Å². The molecule has 0 saturated heterocycles. The summed E-state index contributed by atoms with van der Waals surface area (Å²) in [5.41, 5.74) is 0. The lowest BCUT2D eigenvalue weighted by Crippen LogP contribution is -2.54. The summed E-state index contributed by atoms with van der Waals surface area (Å²) in [6, 6.07) is 4.31. The first-order valence-electron chi connectivity index (χ1n) is 5.93. The van der Waals surface area contributed by atoms with Gasteiger partial charge in [0.05, 0.1) is 6.54 Å². The van der Waals surface area contributed by atoms with Crippen LogP contribution in [0.15, 0.2) is 22.1 Å². The van der Waals surface area contributed by atoms with Crippen molar-refractivity contribution in [1.29, 1.82) is 0 Å². The molecular formula is C12H19N5S. The fraction of sp³-hybridized carbons (Fsp3) is 0.500. The Morgan fingerprint density at radius 3 is 2.89 bits per heavy atom. The van der Waals surface area contributed by atoms with Crippen molar-refractivity contribution in [2.75, 3.05) is 14.1 Å². The molecule has 6 heteroatoms. The van der Waals surface area contributed by atoms with E-state index in [9.17, 15) is 0 Å². The number of guanidine groups is 2. The molecule has 0 amide bonds. The van der Waals surface area contributed by atoms with Crippen LogP contribution in [0.2, 0.25) is 0 Å². The third-order valence-corrected chi connectivity index (χ3v) is 3.65. The van der Waals surface area contributed by atoms with E-state index in [1.165, 1.54) is 9.75 Å². The van der Waals surface area contributed by atoms with Crippen molar-refractivity contribution in [3.8, 4) is 0 Å². The van der Waals surface area contributed by atoms with Crippen LogP contribution in [0.5, 0.6) is 0 Å². The molecule has 0 bridgehead atoms. The molecule has 0 spiro atoms. The summed E-state index contributed by atoms with van der Waals surface area (Å²) >= 11 is 1.82. The Morgan fingerprint density at radius 1 is 1.50 bits per heavy atom. The minimum atomic E-state index is 0.0486. The highest BCUT2D eigenvalue weighted by molar-refractivity contribution is 7.11. The van der Waals surface area contributed by atoms with Gasteiger partial charge in [0.15, 0.2) is 5.96 Å². The summed E-state index contributed by atoms with van der Waals surface area (Å²) in [4.78, 5) is 13.4. The topological polar surface area (TPSA) is 52.0 Å². The van der Waals surface area contributed by atoms with Crippen LogP contribution in [0.4, 0.5) is 0 Å². The fourth-order valence-corrected chi connectivity index (χ4v) is 2.72. The number of thiophene rings is 1. The maximum atomic E-state index is 4.53. The van der Waals surface area contributed by atoms with Crippen molar-refractivity contribution >= 4 is 23.3 Å². The molecule has 1 aliphatic heterocycles. The molecular weight excluding hydrogens is 246 g/mol. The Balaban J connectivity index is 2.06. The van der Waals surface area contributed by atoms with Crippen LogP contribution in [0, 0.1) is 6.92 Å². The van der Waals surface area contributed by atoms with Crippen molar-refractivity contribution in [3.05, 3.63) is 21.9 Å². The predicted molar refractivity (Wildman–Crippen MR) is 77.1 cm³/mol. The second kappa shape index (κ2) is 5.39. The van der Waals surface area contributed by atoms with Gasteiger partial charge in [0.1, 0.15) is 6.17 Å². The molecule has 98 valence electrons. The van der Waals surface area contributed by atoms with E-state index in [0.717, 1.165) is 18.5 Å². The molecule has 1 aliphatic rings. The lowest BCUT2D eigenvalue weighted by molar-refractivity contribution is 0.475. The number of hydrogen-bond acceptors (Lipinski definition) is 4. The highest BCUT2D eigenvalue weighted by Crippen LogP contribution is 2.16. The molecule has 1 aromatic heterocycles. The Hall–Kier alpha value is -1.56. The van der Waals surface area contributed by atoms with Crippen molar-refractivity contribution in [1.82, 2.24) is 15.5 Å². The summed E-state index contributed by atoms with van der Waals surface area (Å²) < 4.78 is 0. The maximum absolute atomic E-state index is 4.53. The van der Waals surface area contributed by atoms with Crippen LogP contribution in [0.25, 0.3) is 0 Å². The maximum Gasteiger partial charge on any atom is 0.202 e. The van der Waals surface area contributed by atoms with Gasteiger partial charge in [-0.1, -0.05) is 0 Å². The summed E-state index contributed by atoms with van der Waals surface area (Å²) in [7, 11) is 3.79. The largest absolute Gasteiger partial charge is 0.340 e. The van der Waals surface area contributed by atoms with Gasteiger partial charge in [0.25, 0.3) is 0 Å². The van der Waals surface area contributed by atoms with Crippen molar-refractivity contribution in [3.63, 3.8) is 0 Å². The Kier molecular flexibility index (Phi) is 3.86. The minimum absolute atomic E-state index is 0.0486. The Labute approximate surface area is 112 Å². The number of aliphatic imine (C=N–C) groups is 2. The molecule has 2 heterocycles. The molecule has 1 unspecified atom stereocenters. The highest BCUT2D eigenvalue weighted by atomic mass is 32.1. The average molecular weight is 265 g/mol. The zero-order valence-electron chi connectivity index (χ0n) is 11.2. The van der Waals surface area contributed by atoms with Crippen LogP contribution in [0.1, 0.15) is 16.7 Å². The van der Waals surface area contributed by atoms with E-state index in [4.69, 9.17) is 0 Å². The number of nitrogens with one attached hydrogen (secondary N) is 2. The van der Waals surface area contributed by atoms with Crippen LogP contribution in [0.3, 0.4) is 0 Å². The molecule has 0 aliphatic carbocycles. The first-order chi connectivity index (χ1) is 8.58. The van der Waals surface area contributed by atoms with Crippen LogP contribution in [-0.4, -0.2) is 37.1 Å². The van der Waals surface area contributed by atoms with Gasteiger partial charge in [-0.2, -0.15) is 0 Å². The van der Waals surface area contributed by atoms with E-state index >= 15 is 0 Å². The zero-order valence-corrected chi connectivity index (χ0v) is 12.0. The Bertz CT molecular complexity index is 477. The summed E-state index contributed by atoms with van der Waals surface area (Å²) in [5, 5.41) is 6.33. The standard InChI is InChI=1S/C12H19N5S/c1-8-5-6-10(18-8)7-17(4)12-15-9(2)14-11(13-3)16-12/h5-6,9H,7H2,1-4H3,(H2,13,14,15,16).